The van der Waals surface area contributed by atoms with E-state index in [0.717, 1.165) is 31.0 Å². The normalized spacial score (nSPS) is 12.9. The van der Waals surface area contributed by atoms with Crippen LogP contribution in [-0.2, 0) is 11.3 Å². The number of nitrogens with one attached hydrogen (secondary N) is 1. The largest absolute Gasteiger partial charge is 0.490 e. The number of ether oxygens (including phenoxy) is 2. The number of unbranched alkanes of at least 4 members (excludes halogenated alkanes) is 11. The first kappa shape index (κ1) is 32.2. The van der Waals surface area contributed by atoms with Gasteiger partial charge in [-0.1, -0.05) is 101 Å². The Bertz CT molecular complexity index is 1040. The van der Waals surface area contributed by atoms with E-state index >= 15 is 0 Å². The van der Waals surface area contributed by atoms with Crippen molar-refractivity contribution < 1.29 is 14.3 Å². The Morgan fingerprint density at radius 2 is 1.52 bits per heavy atom. The molecule has 5 nitrogen and oxygen atoms in total. The maximum atomic E-state index is 12.5. The second-order valence-corrected chi connectivity index (χ2v) is 12.2. The number of allylic oxidation sites excluding steroid dienone is 1. The standard InChI is InChI=1S/C33H47ClN2O3S/c1-3-4-5-6-7-8-9-10-11-12-13-14-21-38-32-22-29(34)17-20-31(32)39-25-33(37)35-30-18-15-28(16-19-30)24-36-23-27(2)40-26-36/h15-20,22-23H,3-14,21,24-26H2,1-2H3,(H,35,37). The first-order chi connectivity index (χ1) is 19.5. The minimum absolute atomic E-state index is 0.104. The first-order valence-corrected chi connectivity index (χ1v) is 16.4. The highest BCUT2D eigenvalue weighted by atomic mass is 35.5. The summed E-state index contributed by atoms with van der Waals surface area (Å²) >= 11 is 8.05. The molecule has 1 heterocycles. The minimum atomic E-state index is -0.218. The number of anilines is 1. The van der Waals surface area contributed by atoms with Gasteiger partial charge in [-0.05, 0) is 48.1 Å². The van der Waals surface area contributed by atoms with Crippen LogP contribution < -0.4 is 14.8 Å². The molecule has 2 aromatic rings. The van der Waals surface area contributed by atoms with E-state index in [4.69, 9.17) is 21.1 Å². The number of carbonyl (C=O) groups is 1. The highest BCUT2D eigenvalue weighted by Gasteiger charge is 2.12. The molecule has 0 atom stereocenters. The van der Waals surface area contributed by atoms with E-state index in [1.807, 2.05) is 36.0 Å². The number of nitrogens with zero attached hydrogens (tertiary/aromatic N) is 1. The number of hydrogen-bond donors (Lipinski definition) is 1. The van der Waals surface area contributed by atoms with Gasteiger partial charge in [0.05, 0.1) is 12.5 Å². The molecule has 1 N–H and O–H groups in total. The van der Waals surface area contributed by atoms with Crippen LogP contribution >= 0.6 is 23.4 Å². The monoisotopic (exact) mass is 586 g/mol. The molecule has 0 aromatic heterocycles. The van der Waals surface area contributed by atoms with Crippen LogP contribution in [0.5, 0.6) is 11.5 Å². The number of halogens is 1. The number of amides is 1. The fourth-order valence-electron chi connectivity index (χ4n) is 4.72. The van der Waals surface area contributed by atoms with Crippen LogP contribution in [0.15, 0.2) is 53.6 Å². The van der Waals surface area contributed by atoms with Crippen molar-refractivity contribution >= 4 is 35.0 Å². The van der Waals surface area contributed by atoms with Crippen LogP contribution in [0.25, 0.3) is 0 Å². The smallest absolute Gasteiger partial charge is 0.262 e. The molecule has 40 heavy (non-hydrogen) atoms. The molecule has 0 fully saturated rings. The third kappa shape index (κ3) is 12.9. The summed E-state index contributed by atoms with van der Waals surface area (Å²) in [5, 5.41) is 3.49. The van der Waals surface area contributed by atoms with Gasteiger partial charge in [-0.2, -0.15) is 0 Å². The second kappa shape index (κ2) is 18.9. The molecule has 0 spiro atoms. The Labute approximate surface area is 251 Å². The quantitative estimate of drug-likeness (QED) is 0.156. The van der Waals surface area contributed by atoms with Crippen molar-refractivity contribution in [3.05, 3.63) is 64.2 Å². The van der Waals surface area contributed by atoms with Crippen molar-refractivity contribution in [3.63, 3.8) is 0 Å². The average molecular weight is 587 g/mol. The Balaban J connectivity index is 1.30. The molecule has 220 valence electrons. The summed E-state index contributed by atoms with van der Waals surface area (Å²) in [6.07, 6.45) is 17.8. The summed E-state index contributed by atoms with van der Waals surface area (Å²) < 4.78 is 11.8. The summed E-state index contributed by atoms with van der Waals surface area (Å²) in [6.45, 7) is 5.76. The molecule has 0 saturated carbocycles. The van der Waals surface area contributed by atoms with E-state index in [0.29, 0.717) is 23.1 Å². The van der Waals surface area contributed by atoms with E-state index < -0.39 is 0 Å². The second-order valence-electron chi connectivity index (χ2n) is 10.6. The molecule has 7 heteroatoms. The van der Waals surface area contributed by atoms with Crippen LogP contribution in [0, 0.1) is 0 Å². The third-order valence-electron chi connectivity index (χ3n) is 6.97. The predicted octanol–water partition coefficient (Wildman–Crippen LogP) is 9.80. The van der Waals surface area contributed by atoms with Gasteiger partial charge in [0.1, 0.15) is 0 Å². The summed E-state index contributed by atoms with van der Waals surface area (Å²) in [5.74, 6) is 1.87. The lowest BCUT2D eigenvalue weighted by Gasteiger charge is -2.15. The topological polar surface area (TPSA) is 50.8 Å². The van der Waals surface area contributed by atoms with Gasteiger partial charge < -0.3 is 19.7 Å². The summed E-state index contributed by atoms with van der Waals surface area (Å²) in [7, 11) is 0. The Morgan fingerprint density at radius 3 is 2.15 bits per heavy atom. The summed E-state index contributed by atoms with van der Waals surface area (Å²) in [5.41, 5.74) is 1.95. The molecule has 1 aliphatic rings. The zero-order valence-corrected chi connectivity index (χ0v) is 26.0. The highest BCUT2D eigenvalue weighted by Crippen LogP contribution is 2.31. The molecule has 0 aliphatic carbocycles. The van der Waals surface area contributed by atoms with Gasteiger partial charge in [0.2, 0.25) is 0 Å². The van der Waals surface area contributed by atoms with Crippen LogP contribution in [0.2, 0.25) is 5.02 Å². The molecule has 3 rings (SSSR count). The fourth-order valence-corrected chi connectivity index (χ4v) is 5.64. The first-order valence-electron chi connectivity index (χ1n) is 15.0. The van der Waals surface area contributed by atoms with Crippen LogP contribution in [0.3, 0.4) is 0 Å². The van der Waals surface area contributed by atoms with Crippen molar-refractivity contribution in [3.8, 4) is 11.5 Å². The number of carbonyl (C=O) groups excluding carboxylic acids is 1. The lowest BCUT2D eigenvalue weighted by molar-refractivity contribution is -0.118. The number of thioether (sulfide) groups is 1. The van der Waals surface area contributed by atoms with Crippen molar-refractivity contribution in [1.82, 2.24) is 4.90 Å². The molecular weight excluding hydrogens is 540 g/mol. The maximum absolute atomic E-state index is 12.5. The Kier molecular flexibility index (Phi) is 15.2. The van der Waals surface area contributed by atoms with Gasteiger partial charge in [0, 0.05) is 29.5 Å². The molecule has 1 aliphatic heterocycles. The van der Waals surface area contributed by atoms with Crippen molar-refractivity contribution in [2.45, 2.75) is 97.4 Å². The lowest BCUT2D eigenvalue weighted by atomic mass is 10.1. The SMILES string of the molecule is CCCCCCCCCCCCCCOc1cc(Cl)ccc1OCC(=O)Nc1ccc(CN2C=C(C)SC2)cc1. The Morgan fingerprint density at radius 1 is 0.875 bits per heavy atom. The van der Waals surface area contributed by atoms with Gasteiger partial charge in [-0.3, -0.25) is 4.79 Å². The average Bonchev–Trinajstić information content (AvgIpc) is 3.36. The van der Waals surface area contributed by atoms with Crippen molar-refractivity contribution in [2.24, 2.45) is 0 Å². The highest BCUT2D eigenvalue weighted by molar-refractivity contribution is 8.03. The molecule has 2 aromatic carbocycles. The zero-order chi connectivity index (χ0) is 28.4. The number of hydrogen-bond acceptors (Lipinski definition) is 5. The molecule has 1 amide bonds. The van der Waals surface area contributed by atoms with Crippen LogP contribution in [0.4, 0.5) is 5.69 Å². The molecule has 0 unspecified atom stereocenters. The van der Waals surface area contributed by atoms with E-state index in [9.17, 15) is 4.79 Å². The van der Waals surface area contributed by atoms with Crippen LogP contribution in [0.1, 0.15) is 96.5 Å². The number of rotatable bonds is 20. The van der Waals surface area contributed by atoms with Gasteiger partial charge in [0.25, 0.3) is 5.91 Å². The summed E-state index contributed by atoms with van der Waals surface area (Å²) in [6, 6.07) is 13.2. The molecule has 0 radical (unpaired) electrons. The maximum Gasteiger partial charge on any atom is 0.262 e. The third-order valence-corrected chi connectivity index (χ3v) is 8.22. The minimum Gasteiger partial charge on any atom is -0.490 e. The van der Waals surface area contributed by atoms with Gasteiger partial charge in [-0.25, -0.2) is 0 Å². The van der Waals surface area contributed by atoms with Gasteiger partial charge in [0.15, 0.2) is 18.1 Å². The van der Waals surface area contributed by atoms with Crippen molar-refractivity contribution in [2.75, 3.05) is 24.4 Å². The summed E-state index contributed by atoms with van der Waals surface area (Å²) in [4.78, 5) is 16.1. The lowest BCUT2D eigenvalue weighted by Crippen LogP contribution is -2.20. The number of benzene rings is 2. The predicted molar refractivity (Wildman–Crippen MR) is 170 cm³/mol. The van der Waals surface area contributed by atoms with E-state index in [1.54, 1.807) is 18.2 Å². The molecular formula is C33H47ClN2O3S. The molecule has 0 bridgehead atoms. The fraction of sp³-hybridized carbons (Fsp3) is 0.545. The van der Waals surface area contributed by atoms with E-state index in [2.05, 4.69) is 30.3 Å². The van der Waals surface area contributed by atoms with Crippen molar-refractivity contribution in [1.29, 1.82) is 0 Å². The van der Waals surface area contributed by atoms with E-state index in [-0.39, 0.29) is 12.5 Å². The van der Waals surface area contributed by atoms with Gasteiger partial charge >= 0.3 is 0 Å². The van der Waals surface area contributed by atoms with E-state index in [1.165, 1.54) is 74.7 Å². The van der Waals surface area contributed by atoms with Gasteiger partial charge in [-0.15, -0.1) is 11.8 Å². The Hall–Kier alpha value is -2.31. The van der Waals surface area contributed by atoms with Crippen LogP contribution in [-0.4, -0.2) is 29.9 Å². The zero-order valence-electron chi connectivity index (χ0n) is 24.4. The molecule has 0 saturated heterocycles.